The van der Waals surface area contributed by atoms with E-state index in [1.165, 1.54) is 7.11 Å². The molecule has 0 bridgehead atoms. The van der Waals surface area contributed by atoms with Crippen molar-refractivity contribution in [2.45, 2.75) is 25.6 Å². The third-order valence-electron chi connectivity index (χ3n) is 5.12. The van der Waals surface area contributed by atoms with Crippen molar-refractivity contribution in [3.8, 4) is 11.6 Å². The van der Waals surface area contributed by atoms with E-state index >= 15 is 0 Å². The Balaban J connectivity index is 1.46. The molecule has 0 unspecified atom stereocenters. The molecule has 1 aliphatic heterocycles. The molecule has 5 rings (SSSR count). The number of furan rings is 1. The van der Waals surface area contributed by atoms with Gasteiger partial charge in [0.2, 0.25) is 11.7 Å². The molecule has 3 aromatic heterocycles. The van der Waals surface area contributed by atoms with Crippen LogP contribution < -0.4 is 0 Å². The Morgan fingerprint density at radius 3 is 3.04 bits per heavy atom. The fraction of sp³-hybridized carbons (Fsp3) is 0.250. The number of hydrogen-bond donors (Lipinski definition) is 1. The molecule has 28 heavy (non-hydrogen) atoms. The van der Waals surface area contributed by atoms with Gasteiger partial charge in [0.1, 0.15) is 6.04 Å². The van der Waals surface area contributed by atoms with Crippen molar-refractivity contribution < 1.29 is 18.5 Å². The SMILES string of the molecule is COC(=O)[C@@H]1Cc2c([nH]c3ccccc23)CN1Cc1nc(-c2ccco2)no1. The highest BCUT2D eigenvalue weighted by molar-refractivity contribution is 5.86. The van der Waals surface area contributed by atoms with E-state index < -0.39 is 6.04 Å². The average molecular weight is 378 g/mol. The van der Waals surface area contributed by atoms with E-state index in [0.717, 1.165) is 22.2 Å². The zero-order valence-corrected chi connectivity index (χ0v) is 15.2. The van der Waals surface area contributed by atoms with Crippen LogP contribution in [0.3, 0.4) is 0 Å². The van der Waals surface area contributed by atoms with E-state index in [-0.39, 0.29) is 5.97 Å². The normalized spacial score (nSPS) is 17.0. The molecule has 0 radical (unpaired) electrons. The topological polar surface area (TPSA) is 97.4 Å². The van der Waals surface area contributed by atoms with Crippen molar-refractivity contribution in [1.29, 1.82) is 0 Å². The number of para-hydroxylation sites is 1. The number of aromatic nitrogens is 3. The van der Waals surface area contributed by atoms with Crippen molar-refractivity contribution in [2.24, 2.45) is 0 Å². The molecule has 8 nitrogen and oxygen atoms in total. The Labute approximate surface area is 160 Å². The van der Waals surface area contributed by atoms with E-state index in [2.05, 4.69) is 21.2 Å². The van der Waals surface area contributed by atoms with E-state index in [0.29, 0.717) is 37.0 Å². The van der Waals surface area contributed by atoms with Crippen LogP contribution in [0.25, 0.3) is 22.5 Å². The summed E-state index contributed by atoms with van der Waals surface area (Å²) in [6, 6.07) is 11.2. The van der Waals surface area contributed by atoms with Crippen LogP contribution in [0, 0.1) is 0 Å². The van der Waals surface area contributed by atoms with Crippen LogP contribution in [-0.2, 0) is 29.0 Å². The largest absolute Gasteiger partial charge is 0.468 e. The predicted molar refractivity (Wildman–Crippen MR) is 99.1 cm³/mol. The number of rotatable bonds is 4. The molecule has 1 aliphatic rings. The summed E-state index contributed by atoms with van der Waals surface area (Å²) in [5, 5.41) is 5.11. The first kappa shape index (κ1) is 16.8. The van der Waals surface area contributed by atoms with Gasteiger partial charge in [-0.05, 0) is 23.8 Å². The second-order valence-electron chi connectivity index (χ2n) is 6.76. The highest BCUT2D eigenvalue weighted by atomic mass is 16.5. The molecule has 1 aromatic carbocycles. The number of hydrogen-bond acceptors (Lipinski definition) is 7. The minimum absolute atomic E-state index is 0.276. The number of esters is 1. The molecule has 8 heteroatoms. The molecule has 0 amide bonds. The summed E-state index contributed by atoms with van der Waals surface area (Å²) in [6.07, 6.45) is 2.12. The van der Waals surface area contributed by atoms with Gasteiger partial charge >= 0.3 is 5.97 Å². The highest BCUT2D eigenvalue weighted by Crippen LogP contribution is 2.31. The number of nitrogens with one attached hydrogen (secondary N) is 1. The summed E-state index contributed by atoms with van der Waals surface area (Å²) in [5.74, 6) is 1.07. The Hall–Kier alpha value is -3.39. The van der Waals surface area contributed by atoms with Gasteiger partial charge in [-0.1, -0.05) is 23.4 Å². The molecule has 0 saturated carbocycles. The highest BCUT2D eigenvalue weighted by Gasteiger charge is 2.35. The fourth-order valence-electron chi connectivity index (χ4n) is 3.79. The zero-order chi connectivity index (χ0) is 19.1. The molecular weight excluding hydrogens is 360 g/mol. The van der Waals surface area contributed by atoms with Gasteiger partial charge in [0.15, 0.2) is 5.76 Å². The quantitative estimate of drug-likeness (QED) is 0.545. The monoisotopic (exact) mass is 378 g/mol. The second kappa shape index (κ2) is 6.65. The molecule has 0 aliphatic carbocycles. The molecule has 4 heterocycles. The average Bonchev–Trinajstić information content (AvgIpc) is 3.46. The van der Waals surface area contributed by atoms with Gasteiger partial charge in [-0.2, -0.15) is 4.98 Å². The fourth-order valence-corrected chi connectivity index (χ4v) is 3.79. The van der Waals surface area contributed by atoms with Gasteiger partial charge in [0.05, 0.1) is 19.9 Å². The molecule has 1 N–H and O–H groups in total. The first-order valence-electron chi connectivity index (χ1n) is 8.99. The van der Waals surface area contributed by atoms with E-state index in [4.69, 9.17) is 13.7 Å². The second-order valence-corrected chi connectivity index (χ2v) is 6.76. The van der Waals surface area contributed by atoms with Gasteiger partial charge in [0.25, 0.3) is 0 Å². The van der Waals surface area contributed by atoms with Crippen LogP contribution in [0.15, 0.2) is 51.6 Å². The zero-order valence-electron chi connectivity index (χ0n) is 15.2. The number of H-pyrrole nitrogens is 1. The van der Waals surface area contributed by atoms with Crippen LogP contribution in [0.4, 0.5) is 0 Å². The number of carbonyl (C=O) groups is 1. The number of benzene rings is 1. The number of ether oxygens (including phenoxy) is 1. The number of aromatic amines is 1. The summed E-state index contributed by atoms with van der Waals surface area (Å²) < 4.78 is 15.7. The number of nitrogens with zero attached hydrogens (tertiary/aromatic N) is 3. The molecule has 0 spiro atoms. The lowest BCUT2D eigenvalue weighted by Crippen LogP contribution is -2.45. The van der Waals surface area contributed by atoms with Gasteiger partial charge in [-0.15, -0.1) is 0 Å². The first-order valence-corrected chi connectivity index (χ1v) is 8.99. The number of fused-ring (bicyclic) bond motifs is 3. The first-order chi connectivity index (χ1) is 13.7. The third-order valence-corrected chi connectivity index (χ3v) is 5.12. The van der Waals surface area contributed by atoms with Gasteiger partial charge in [0, 0.05) is 29.6 Å². The van der Waals surface area contributed by atoms with Crippen LogP contribution >= 0.6 is 0 Å². The molecule has 1 atom stereocenters. The summed E-state index contributed by atoms with van der Waals surface area (Å²) in [5.41, 5.74) is 3.31. The number of carbonyl (C=O) groups excluding carboxylic acids is 1. The van der Waals surface area contributed by atoms with Crippen molar-refractivity contribution >= 4 is 16.9 Å². The van der Waals surface area contributed by atoms with Crippen molar-refractivity contribution in [3.05, 3.63) is 59.8 Å². The Morgan fingerprint density at radius 2 is 2.21 bits per heavy atom. The van der Waals surface area contributed by atoms with Crippen LogP contribution in [0.2, 0.25) is 0 Å². The Morgan fingerprint density at radius 1 is 1.32 bits per heavy atom. The van der Waals surface area contributed by atoms with Crippen molar-refractivity contribution in [3.63, 3.8) is 0 Å². The van der Waals surface area contributed by atoms with Crippen LogP contribution in [0.5, 0.6) is 0 Å². The maximum atomic E-state index is 12.5. The maximum Gasteiger partial charge on any atom is 0.323 e. The van der Waals surface area contributed by atoms with E-state index in [1.807, 2.05) is 23.1 Å². The maximum absolute atomic E-state index is 12.5. The minimum Gasteiger partial charge on any atom is -0.468 e. The lowest BCUT2D eigenvalue weighted by molar-refractivity contribution is -0.148. The lowest BCUT2D eigenvalue weighted by Gasteiger charge is -2.32. The summed E-state index contributed by atoms with van der Waals surface area (Å²) >= 11 is 0. The Kier molecular flexibility index (Phi) is 3.98. The number of methoxy groups -OCH3 is 1. The van der Waals surface area contributed by atoms with Gasteiger partial charge in [-0.25, -0.2) is 0 Å². The summed E-state index contributed by atoms with van der Waals surface area (Å²) in [4.78, 5) is 22.3. The predicted octanol–water partition coefficient (Wildman–Crippen LogP) is 2.91. The third kappa shape index (κ3) is 2.78. The van der Waals surface area contributed by atoms with Crippen molar-refractivity contribution in [1.82, 2.24) is 20.0 Å². The van der Waals surface area contributed by atoms with E-state index in [1.54, 1.807) is 18.4 Å². The smallest absolute Gasteiger partial charge is 0.323 e. The van der Waals surface area contributed by atoms with Crippen LogP contribution in [0.1, 0.15) is 17.1 Å². The Bertz CT molecular complexity index is 1130. The molecule has 0 saturated heterocycles. The molecule has 4 aromatic rings. The summed E-state index contributed by atoms with van der Waals surface area (Å²) in [7, 11) is 1.41. The van der Waals surface area contributed by atoms with Gasteiger partial charge < -0.3 is 18.7 Å². The van der Waals surface area contributed by atoms with Crippen molar-refractivity contribution in [2.75, 3.05) is 7.11 Å². The summed E-state index contributed by atoms with van der Waals surface area (Å²) in [6.45, 7) is 0.893. The van der Waals surface area contributed by atoms with E-state index in [9.17, 15) is 4.79 Å². The standard InChI is InChI=1S/C20H18N4O4/c1-26-20(25)16-9-13-12-5-2-3-6-14(12)21-15(13)10-24(16)11-18-22-19(23-28-18)17-7-4-8-27-17/h2-8,16,21H,9-11H2,1H3/t16-/m0/s1. The minimum atomic E-state index is -0.421. The molecular formula is C20H18N4O4. The molecule has 0 fully saturated rings. The van der Waals surface area contributed by atoms with Gasteiger partial charge in [-0.3, -0.25) is 9.69 Å². The van der Waals surface area contributed by atoms with Crippen LogP contribution in [-0.4, -0.2) is 39.1 Å². The molecule has 142 valence electrons. The lowest BCUT2D eigenvalue weighted by atomic mass is 9.96.